The number of aryl methyl sites for hydroxylation is 1. The molecule has 1 aromatic heterocycles. The van der Waals surface area contributed by atoms with E-state index in [1.165, 1.54) is 12.1 Å². The van der Waals surface area contributed by atoms with E-state index in [0.29, 0.717) is 23.0 Å². The third kappa shape index (κ3) is 4.92. The lowest BCUT2D eigenvalue weighted by atomic mass is 10.1. The fourth-order valence-electron chi connectivity index (χ4n) is 2.48. The van der Waals surface area contributed by atoms with Gasteiger partial charge in [-0.05, 0) is 23.8 Å². The first-order chi connectivity index (χ1) is 13.4. The van der Waals surface area contributed by atoms with Gasteiger partial charge in [-0.25, -0.2) is 4.98 Å². The highest BCUT2D eigenvalue weighted by Crippen LogP contribution is 2.35. The number of carbonyl (C=O) groups excluding carboxylic acids is 1. The van der Waals surface area contributed by atoms with Gasteiger partial charge in [0.1, 0.15) is 11.1 Å². The smallest absolute Gasteiger partial charge is 0.325 e. The van der Waals surface area contributed by atoms with E-state index in [9.17, 15) is 18.0 Å². The molecule has 1 amide bonds. The number of amides is 1. The second-order valence-corrected chi connectivity index (χ2v) is 6.97. The van der Waals surface area contributed by atoms with E-state index in [-0.39, 0.29) is 5.69 Å². The number of H-pyrrole nitrogens is 1. The van der Waals surface area contributed by atoms with Crippen molar-refractivity contribution in [1.29, 1.82) is 0 Å². The topological polar surface area (TPSA) is 70.7 Å². The number of hydrogen-bond acceptors (Lipinski definition) is 4. The van der Waals surface area contributed by atoms with Crippen LogP contribution in [0.5, 0.6) is 0 Å². The van der Waals surface area contributed by atoms with Crippen LogP contribution in [0.3, 0.4) is 0 Å². The number of carbonyl (C=O) groups is 1. The van der Waals surface area contributed by atoms with E-state index in [0.717, 1.165) is 23.9 Å². The SMILES string of the molecule is CCc1nc(SC(C(=O)Nc2cccc(C(F)(F)F)c2)c2ccccc2)n[nH]1. The second kappa shape index (κ2) is 8.47. The summed E-state index contributed by atoms with van der Waals surface area (Å²) in [4.78, 5) is 17.2. The Balaban J connectivity index is 1.84. The molecule has 28 heavy (non-hydrogen) atoms. The van der Waals surface area contributed by atoms with Crippen LogP contribution in [0.1, 0.15) is 29.1 Å². The van der Waals surface area contributed by atoms with Crippen molar-refractivity contribution in [3.8, 4) is 0 Å². The van der Waals surface area contributed by atoms with Crippen molar-refractivity contribution < 1.29 is 18.0 Å². The molecule has 2 N–H and O–H groups in total. The molecule has 0 radical (unpaired) electrons. The minimum Gasteiger partial charge on any atom is -0.325 e. The Labute approximate surface area is 163 Å². The standard InChI is InChI=1S/C19H17F3N4OS/c1-2-15-24-18(26-25-15)28-16(12-7-4-3-5-8-12)17(27)23-14-10-6-9-13(11-14)19(20,21)22/h3-11,16H,2H2,1H3,(H,23,27)(H,24,25,26). The van der Waals surface area contributed by atoms with Gasteiger partial charge in [-0.3, -0.25) is 9.89 Å². The average molecular weight is 406 g/mol. The highest BCUT2D eigenvalue weighted by atomic mass is 32.2. The van der Waals surface area contributed by atoms with Crippen molar-refractivity contribution in [2.45, 2.75) is 29.9 Å². The van der Waals surface area contributed by atoms with E-state index in [4.69, 9.17) is 0 Å². The first kappa shape index (κ1) is 19.9. The molecular formula is C19H17F3N4OS. The fraction of sp³-hybridized carbons (Fsp3) is 0.211. The molecule has 1 unspecified atom stereocenters. The Morgan fingerprint density at radius 3 is 2.57 bits per heavy atom. The van der Waals surface area contributed by atoms with Crippen molar-refractivity contribution in [3.63, 3.8) is 0 Å². The number of halogens is 3. The van der Waals surface area contributed by atoms with E-state index in [2.05, 4.69) is 20.5 Å². The van der Waals surface area contributed by atoms with Gasteiger partial charge in [0.25, 0.3) is 0 Å². The van der Waals surface area contributed by atoms with Crippen LogP contribution in [0, 0.1) is 0 Å². The summed E-state index contributed by atoms with van der Waals surface area (Å²) >= 11 is 1.13. The van der Waals surface area contributed by atoms with Gasteiger partial charge in [-0.1, -0.05) is 55.1 Å². The van der Waals surface area contributed by atoms with Crippen LogP contribution in [0.15, 0.2) is 59.8 Å². The molecule has 0 aliphatic rings. The minimum absolute atomic E-state index is 0.0746. The highest BCUT2D eigenvalue weighted by molar-refractivity contribution is 8.00. The van der Waals surface area contributed by atoms with Crippen LogP contribution in [-0.2, 0) is 17.4 Å². The summed E-state index contributed by atoms with van der Waals surface area (Å²) in [6.45, 7) is 1.92. The highest BCUT2D eigenvalue weighted by Gasteiger charge is 2.31. The third-order valence-electron chi connectivity index (χ3n) is 3.87. The molecule has 0 saturated heterocycles. The maximum Gasteiger partial charge on any atom is 0.416 e. The molecule has 3 rings (SSSR count). The number of hydrogen-bond donors (Lipinski definition) is 2. The van der Waals surface area contributed by atoms with Gasteiger partial charge in [0, 0.05) is 12.1 Å². The third-order valence-corrected chi connectivity index (χ3v) is 4.98. The zero-order valence-corrected chi connectivity index (χ0v) is 15.6. The Morgan fingerprint density at radius 2 is 1.93 bits per heavy atom. The van der Waals surface area contributed by atoms with Gasteiger partial charge < -0.3 is 5.32 Å². The summed E-state index contributed by atoms with van der Waals surface area (Å²) in [6, 6.07) is 13.5. The zero-order valence-electron chi connectivity index (χ0n) is 14.8. The molecule has 9 heteroatoms. The molecular weight excluding hydrogens is 389 g/mol. The van der Waals surface area contributed by atoms with E-state index in [1.807, 2.05) is 13.0 Å². The molecule has 0 saturated carbocycles. The van der Waals surface area contributed by atoms with Gasteiger partial charge >= 0.3 is 6.18 Å². The number of nitrogens with one attached hydrogen (secondary N) is 2. The fourth-order valence-corrected chi connectivity index (χ4v) is 3.41. The van der Waals surface area contributed by atoms with Gasteiger partial charge in [0.05, 0.1) is 5.56 Å². The summed E-state index contributed by atoms with van der Waals surface area (Å²) in [6.07, 6.45) is -3.82. The predicted octanol–water partition coefficient (Wildman–Crippen LogP) is 4.86. The largest absolute Gasteiger partial charge is 0.416 e. The molecule has 0 aliphatic carbocycles. The number of anilines is 1. The zero-order chi connectivity index (χ0) is 20.1. The lowest BCUT2D eigenvalue weighted by Gasteiger charge is -2.16. The summed E-state index contributed by atoms with van der Waals surface area (Å²) in [7, 11) is 0. The average Bonchev–Trinajstić information content (AvgIpc) is 3.14. The monoisotopic (exact) mass is 406 g/mol. The molecule has 2 aromatic carbocycles. The summed E-state index contributed by atoms with van der Waals surface area (Å²) in [5, 5.41) is 9.11. The van der Waals surface area contributed by atoms with Gasteiger partial charge in [-0.2, -0.15) is 13.2 Å². The molecule has 0 aliphatic heterocycles. The minimum atomic E-state index is -4.48. The lowest BCUT2D eigenvalue weighted by molar-refractivity contribution is -0.137. The summed E-state index contributed by atoms with van der Waals surface area (Å²) < 4.78 is 38.7. The lowest BCUT2D eigenvalue weighted by Crippen LogP contribution is -2.19. The van der Waals surface area contributed by atoms with Crippen LogP contribution in [-0.4, -0.2) is 21.1 Å². The number of aromatic amines is 1. The van der Waals surface area contributed by atoms with Crippen LogP contribution < -0.4 is 5.32 Å². The summed E-state index contributed by atoms with van der Waals surface area (Å²) in [5.41, 5.74) is -0.0545. The van der Waals surface area contributed by atoms with Crippen LogP contribution in [0.2, 0.25) is 0 Å². The van der Waals surface area contributed by atoms with Crippen LogP contribution >= 0.6 is 11.8 Å². The normalized spacial score (nSPS) is 12.6. The number of alkyl halides is 3. The molecule has 3 aromatic rings. The molecule has 146 valence electrons. The van der Waals surface area contributed by atoms with Crippen LogP contribution in [0.4, 0.5) is 18.9 Å². The van der Waals surface area contributed by atoms with Crippen molar-refractivity contribution in [2.24, 2.45) is 0 Å². The van der Waals surface area contributed by atoms with Gasteiger partial charge in [0.15, 0.2) is 0 Å². The predicted molar refractivity (Wildman–Crippen MR) is 101 cm³/mol. The molecule has 5 nitrogen and oxygen atoms in total. The molecule has 1 atom stereocenters. The van der Waals surface area contributed by atoms with Crippen LogP contribution in [0.25, 0.3) is 0 Å². The summed E-state index contributed by atoms with van der Waals surface area (Å²) in [5.74, 6) is 0.228. The number of benzene rings is 2. The molecule has 0 spiro atoms. The van der Waals surface area contributed by atoms with E-state index >= 15 is 0 Å². The van der Waals surface area contributed by atoms with E-state index in [1.54, 1.807) is 24.3 Å². The van der Waals surface area contributed by atoms with Crippen molar-refractivity contribution in [2.75, 3.05) is 5.32 Å². The quantitative estimate of drug-likeness (QED) is 0.574. The van der Waals surface area contributed by atoms with Gasteiger partial charge in [0.2, 0.25) is 11.1 Å². The molecule has 0 bridgehead atoms. The first-order valence-electron chi connectivity index (χ1n) is 8.48. The second-order valence-electron chi connectivity index (χ2n) is 5.89. The van der Waals surface area contributed by atoms with Crippen molar-refractivity contribution >= 4 is 23.4 Å². The first-order valence-corrected chi connectivity index (χ1v) is 9.36. The van der Waals surface area contributed by atoms with Crippen molar-refractivity contribution in [1.82, 2.24) is 15.2 Å². The van der Waals surface area contributed by atoms with E-state index < -0.39 is 22.9 Å². The maximum absolute atomic E-state index is 12.9. The van der Waals surface area contributed by atoms with Gasteiger partial charge in [-0.15, -0.1) is 5.10 Å². The Bertz CT molecular complexity index is 944. The number of rotatable bonds is 6. The molecule has 1 heterocycles. The Kier molecular flexibility index (Phi) is 6.03. The Hall–Kier alpha value is -2.81. The number of nitrogens with zero attached hydrogens (tertiary/aromatic N) is 2. The number of thioether (sulfide) groups is 1. The molecule has 0 fully saturated rings. The maximum atomic E-state index is 12.9. The van der Waals surface area contributed by atoms with Crippen molar-refractivity contribution in [3.05, 3.63) is 71.5 Å². The Morgan fingerprint density at radius 1 is 1.18 bits per heavy atom. The number of aromatic nitrogens is 3.